The topological polar surface area (TPSA) is 76.5 Å². The third kappa shape index (κ3) is 3.55. The number of esters is 1. The van der Waals surface area contributed by atoms with Crippen LogP contribution < -0.4 is 0 Å². The summed E-state index contributed by atoms with van der Waals surface area (Å²) in [4.78, 5) is 28.8. The molecule has 1 aliphatic rings. The molecular weight excluding hydrogens is 409 g/mol. The van der Waals surface area contributed by atoms with Crippen LogP contribution in [0.25, 0.3) is 22.5 Å². The zero-order valence-corrected chi connectivity index (χ0v) is 17.0. The van der Waals surface area contributed by atoms with Crippen LogP contribution in [0.15, 0.2) is 42.5 Å². The van der Waals surface area contributed by atoms with Crippen molar-refractivity contribution in [2.45, 2.75) is 26.4 Å². The minimum Gasteiger partial charge on any atom is -0.478 e. The van der Waals surface area contributed by atoms with Gasteiger partial charge in [-0.25, -0.2) is 19.0 Å². The van der Waals surface area contributed by atoms with E-state index in [0.717, 1.165) is 11.1 Å². The summed E-state index contributed by atoms with van der Waals surface area (Å²) < 4.78 is 18.8. The van der Waals surface area contributed by atoms with Crippen molar-refractivity contribution in [3.05, 3.63) is 75.6 Å². The van der Waals surface area contributed by atoms with Gasteiger partial charge in [0.15, 0.2) is 0 Å². The molecule has 3 aromatic rings. The van der Waals surface area contributed by atoms with Crippen molar-refractivity contribution in [3.8, 4) is 22.5 Å². The van der Waals surface area contributed by atoms with E-state index in [1.54, 1.807) is 32.0 Å². The Kier molecular flexibility index (Phi) is 5.03. The number of aromatic carboxylic acids is 1. The van der Waals surface area contributed by atoms with Gasteiger partial charge < -0.3 is 9.84 Å². The number of hydrogen-bond acceptors (Lipinski definition) is 4. The number of benzene rings is 2. The molecule has 2 aromatic carbocycles. The fourth-order valence-corrected chi connectivity index (χ4v) is 3.72. The van der Waals surface area contributed by atoms with Gasteiger partial charge >= 0.3 is 11.9 Å². The third-order valence-electron chi connectivity index (χ3n) is 4.88. The number of nitrogens with zero attached hydrogens (tertiary/aromatic N) is 1. The first kappa shape index (κ1) is 20.0. The van der Waals surface area contributed by atoms with Crippen molar-refractivity contribution in [3.63, 3.8) is 0 Å². The Labute approximate surface area is 177 Å². The van der Waals surface area contributed by atoms with Crippen LogP contribution in [0, 0.1) is 5.82 Å². The predicted octanol–water partition coefficient (Wildman–Crippen LogP) is 5.38. The SMILES string of the molecule is CC(C)OC(=O)c1ccc2c(c1)Cc1c(C(=O)O)cc(-c3ccc(F)c(Cl)c3)nc1-2. The molecule has 0 radical (unpaired) electrons. The van der Waals surface area contributed by atoms with Gasteiger partial charge in [0.05, 0.1) is 33.6 Å². The molecular formula is C23H17ClFNO4. The molecule has 1 aliphatic carbocycles. The Hall–Kier alpha value is -3.25. The zero-order valence-electron chi connectivity index (χ0n) is 16.2. The zero-order chi connectivity index (χ0) is 21.6. The summed E-state index contributed by atoms with van der Waals surface area (Å²) in [5.74, 6) is -2.08. The molecule has 0 saturated heterocycles. The van der Waals surface area contributed by atoms with Crippen LogP contribution in [-0.4, -0.2) is 28.1 Å². The lowest BCUT2D eigenvalue weighted by Crippen LogP contribution is -2.11. The lowest BCUT2D eigenvalue weighted by Gasteiger charge is -2.10. The molecule has 1 heterocycles. The number of pyridine rings is 1. The summed E-state index contributed by atoms with van der Waals surface area (Å²) in [6.45, 7) is 3.54. The number of ether oxygens (including phenoxy) is 1. The van der Waals surface area contributed by atoms with Crippen molar-refractivity contribution in [1.82, 2.24) is 4.98 Å². The monoisotopic (exact) mass is 425 g/mol. The Morgan fingerprint density at radius 3 is 2.60 bits per heavy atom. The van der Waals surface area contributed by atoms with E-state index in [4.69, 9.17) is 16.3 Å². The quantitative estimate of drug-likeness (QED) is 0.444. The van der Waals surface area contributed by atoms with E-state index in [1.807, 2.05) is 0 Å². The summed E-state index contributed by atoms with van der Waals surface area (Å²) in [6.07, 6.45) is 0.0975. The molecule has 0 amide bonds. The Balaban J connectivity index is 1.82. The second kappa shape index (κ2) is 7.54. The van der Waals surface area contributed by atoms with E-state index in [9.17, 15) is 19.1 Å². The van der Waals surface area contributed by atoms with Crippen LogP contribution in [0.5, 0.6) is 0 Å². The van der Waals surface area contributed by atoms with Crippen LogP contribution >= 0.6 is 11.6 Å². The maximum atomic E-state index is 13.5. The van der Waals surface area contributed by atoms with E-state index >= 15 is 0 Å². The van der Waals surface area contributed by atoms with Crippen LogP contribution in [0.2, 0.25) is 5.02 Å². The highest BCUT2D eigenvalue weighted by Gasteiger charge is 2.28. The normalized spacial score (nSPS) is 11.9. The number of carbonyl (C=O) groups excluding carboxylic acids is 1. The minimum atomic E-state index is -1.09. The Morgan fingerprint density at radius 1 is 1.17 bits per heavy atom. The van der Waals surface area contributed by atoms with Gasteiger partial charge in [0.25, 0.3) is 0 Å². The highest BCUT2D eigenvalue weighted by molar-refractivity contribution is 6.31. The molecule has 4 rings (SSSR count). The fraction of sp³-hybridized carbons (Fsp3) is 0.174. The molecule has 0 spiro atoms. The minimum absolute atomic E-state index is 0.0691. The molecule has 0 atom stereocenters. The smallest absolute Gasteiger partial charge is 0.338 e. The fourth-order valence-electron chi connectivity index (χ4n) is 3.54. The number of carbonyl (C=O) groups is 2. The molecule has 0 bridgehead atoms. The maximum Gasteiger partial charge on any atom is 0.338 e. The van der Waals surface area contributed by atoms with E-state index in [0.29, 0.717) is 34.5 Å². The van der Waals surface area contributed by atoms with Crippen molar-refractivity contribution < 1.29 is 23.8 Å². The van der Waals surface area contributed by atoms with Gasteiger partial charge in [-0.3, -0.25) is 0 Å². The van der Waals surface area contributed by atoms with Crippen LogP contribution in [0.3, 0.4) is 0 Å². The van der Waals surface area contributed by atoms with Gasteiger partial charge in [-0.05, 0) is 61.4 Å². The van der Waals surface area contributed by atoms with Gasteiger partial charge in [-0.15, -0.1) is 0 Å². The summed E-state index contributed by atoms with van der Waals surface area (Å²) in [7, 11) is 0. The number of carboxylic acid groups (broad SMARTS) is 1. The van der Waals surface area contributed by atoms with E-state index < -0.39 is 17.8 Å². The molecule has 1 N–H and O–H groups in total. The summed E-state index contributed by atoms with van der Waals surface area (Å²) >= 11 is 5.88. The molecule has 0 fully saturated rings. The highest BCUT2D eigenvalue weighted by atomic mass is 35.5. The second-order valence-corrected chi connectivity index (χ2v) is 7.73. The summed E-state index contributed by atoms with van der Waals surface area (Å²) in [5, 5.41) is 9.68. The predicted molar refractivity (Wildman–Crippen MR) is 110 cm³/mol. The van der Waals surface area contributed by atoms with Crippen LogP contribution in [-0.2, 0) is 11.2 Å². The van der Waals surface area contributed by atoms with Crippen molar-refractivity contribution in [2.24, 2.45) is 0 Å². The lowest BCUT2D eigenvalue weighted by atomic mass is 10.0. The molecule has 0 unspecified atom stereocenters. The van der Waals surface area contributed by atoms with Crippen molar-refractivity contribution in [2.75, 3.05) is 0 Å². The molecule has 1 aromatic heterocycles. The van der Waals surface area contributed by atoms with E-state index in [-0.39, 0.29) is 16.7 Å². The lowest BCUT2D eigenvalue weighted by molar-refractivity contribution is 0.0377. The first-order chi connectivity index (χ1) is 14.2. The first-order valence-electron chi connectivity index (χ1n) is 9.31. The van der Waals surface area contributed by atoms with Crippen LogP contribution in [0.4, 0.5) is 4.39 Å². The molecule has 5 nitrogen and oxygen atoms in total. The number of hydrogen-bond donors (Lipinski definition) is 1. The average molecular weight is 426 g/mol. The summed E-state index contributed by atoms with van der Waals surface area (Å²) in [6, 6.07) is 10.7. The standard InChI is InChI=1S/C23H17ClFNO4/c1-11(2)30-23(29)13-3-5-15-14(7-13)8-16-17(22(27)28)10-20(26-21(15)16)12-4-6-19(25)18(24)9-12/h3-7,9-11H,8H2,1-2H3,(H,27,28). The number of halogens is 2. The van der Waals surface area contributed by atoms with Gasteiger partial charge in [0, 0.05) is 17.5 Å². The number of fused-ring (bicyclic) bond motifs is 3. The Bertz CT molecular complexity index is 1210. The molecule has 7 heteroatoms. The molecule has 30 heavy (non-hydrogen) atoms. The number of rotatable bonds is 4. The first-order valence-corrected chi connectivity index (χ1v) is 9.69. The average Bonchev–Trinajstić information content (AvgIpc) is 3.06. The molecule has 0 saturated carbocycles. The third-order valence-corrected chi connectivity index (χ3v) is 5.17. The van der Waals surface area contributed by atoms with Gasteiger partial charge in [-0.1, -0.05) is 17.7 Å². The van der Waals surface area contributed by atoms with Crippen molar-refractivity contribution >= 4 is 23.5 Å². The van der Waals surface area contributed by atoms with Crippen LogP contribution in [0.1, 0.15) is 45.7 Å². The molecule has 152 valence electrons. The number of carboxylic acids is 1. The maximum absolute atomic E-state index is 13.5. The van der Waals surface area contributed by atoms with Crippen molar-refractivity contribution in [1.29, 1.82) is 0 Å². The van der Waals surface area contributed by atoms with Gasteiger partial charge in [0.2, 0.25) is 0 Å². The van der Waals surface area contributed by atoms with Gasteiger partial charge in [0.1, 0.15) is 5.82 Å². The summed E-state index contributed by atoms with van der Waals surface area (Å²) in [5.41, 5.74) is 4.06. The number of aromatic nitrogens is 1. The van der Waals surface area contributed by atoms with E-state index in [1.165, 1.54) is 24.3 Å². The van der Waals surface area contributed by atoms with E-state index in [2.05, 4.69) is 4.98 Å². The highest BCUT2D eigenvalue weighted by Crippen LogP contribution is 2.39. The molecule has 0 aliphatic heterocycles. The van der Waals surface area contributed by atoms with Gasteiger partial charge in [-0.2, -0.15) is 0 Å². The second-order valence-electron chi connectivity index (χ2n) is 7.32. The largest absolute Gasteiger partial charge is 0.478 e. The Morgan fingerprint density at radius 2 is 1.93 bits per heavy atom.